The zero-order valence-electron chi connectivity index (χ0n) is 15.8. The molecule has 2 N–H and O–H groups in total. The Morgan fingerprint density at radius 1 is 1.21 bits per heavy atom. The van der Waals surface area contributed by atoms with E-state index in [1.165, 1.54) is 5.56 Å². The van der Waals surface area contributed by atoms with E-state index in [1.54, 1.807) is 0 Å². The average molecular weight is 379 g/mol. The first-order valence-corrected chi connectivity index (χ1v) is 9.69. The van der Waals surface area contributed by atoms with Crippen LogP contribution in [0.5, 0.6) is 0 Å². The van der Waals surface area contributed by atoms with Crippen molar-refractivity contribution in [1.82, 2.24) is 14.9 Å². The van der Waals surface area contributed by atoms with Gasteiger partial charge in [0.1, 0.15) is 19.0 Å². The van der Waals surface area contributed by atoms with Crippen molar-refractivity contribution < 1.29 is 14.6 Å². The molecule has 146 valence electrons. The van der Waals surface area contributed by atoms with E-state index in [0.29, 0.717) is 12.5 Å². The quantitative estimate of drug-likeness (QED) is 0.662. The molecule has 1 saturated heterocycles. The highest BCUT2D eigenvalue weighted by Gasteiger charge is 2.26. The van der Waals surface area contributed by atoms with Gasteiger partial charge in [0.2, 0.25) is 5.91 Å². The van der Waals surface area contributed by atoms with Crippen LogP contribution in [0.2, 0.25) is 0 Å². The second kappa shape index (κ2) is 8.54. The van der Waals surface area contributed by atoms with Crippen LogP contribution in [0.3, 0.4) is 0 Å². The van der Waals surface area contributed by atoms with Crippen molar-refractivity contribution in [3.8, 4) is 0 Å². The molecule has 0 spiro atoms. The summed E-state index contributed by atoms with van der Waals surface area (Å²) in [6.07, 6.45) is 1.93. The van der Waals surface area contributed by atoms with Crippen LogP contribution in [-0.2, 0) is 29.2 Å². The summed E-state index contributed by atoms with van der Waals surface area (Å²) in [5.74, 6) is 1.22. The summed E-state index contributed by atoms with van der Waals surface area (Å²) in [7, 11) is 0. The molecule has 1 amide bonds. The van der Waals surface area contributed by atoms with E-state index in [9.17, 15) is 9.90 Å². The van der Waals surface area contributed by atoms with Crippen molar-refractivity contribution in [3.63, 3.8) is 0 Å². The highest BCUT2D eigenvalue weighted by Crippen LogP contribution is 2.21. The molecule has 1 aliphatic rings. The average Bonchev–Trinajstić information content (AvgIpc) is 3.34. The Labute approximate surface area is 164 Å². The molecule has 6 nitrogen and oxygen atoms in total. The first-order valence-electron chi connectivity index (χ1n) is 9.69. The molecule has 0 saturated carbocycles. The lowest BCUT2D eigenvalue weighted by Crippen LogP contribution is -2.32. The molecule has 1 atom stereocenters. The number of carbonyl (C=O) groups is 1. The minimum absolute atomic E-state index is 0.0303. The van der Waals surface area contributed by atoms with E-state index in [-0.39, 0.29) is 19.1 Å². The Kier molecular flexibility index (Phi) is 5.69. The smallest absolute Gasteiger partial charge is 0.248 e. The Balaban J connectivity index is 1.24. The Morgan fingerprint density at radius 3 is 2.93 bits per heavy atom. The van der Waals surface area contributed by atoms with E-state index in [1.807, 2.05) is 47.4 Å². The number of ether oxygens (including phenoxy) is 1. The number of imidazole rings is 1. The van der Waals surface area contributed by atoms with Gasteiger partial charge in [0.05, 0.1) is 17.6 Å². The summed E-state index contributed by atoms with van der Waals surface area (Å²) < 4.78 is 5.59. The third-order valence-corrected chi connectivity index (χ3v) is 5.24. The maximum atomic E-state index is 12.4. The van der Waals surface area contributed by atoms with Crippen molar-refractivity contribution in [2.24, 2.45) is 5.92 Å². The van der Waals surface area contributed by atoms with Gasteiger partial charge in [-0.15, -0.1) is 0 Å². The highest BCUT2D eigenvalue weighted by atomic mass is 16.5. The van der Waals surface area contributed by atoms with Crippen LogP contribution in [0.15, 0.2) is 48.5 Å². The van der Waals surface area contributed by atoms with Gasteiger partial charge in [-0.1, -0.05) is 36.4 Å². The van der Waals surface area contributed by atoms with Gasteiger partial charge in [-0.3, -0.25) is 4.79 Å². The lowest BCUT2D eigenvalue weighted by atomic mass is 9.97. The number of aliphatic hydroxyl groups excluding tert-OH is 1. The van der Waals surface area contributed by atoms with E-state index >= 15 is 0 Å². The van der Waals surface area contributed by atoms with Crippen LogP contribution >= 0.6 is 0 Å². The van der Waals surface area contributed by atoms with Gasteiger partial charge in [-0.05, 0) is 42.0 Å². The SMILES string of the molecule is O=C(COCc1nc2ccccc2[nH]1)N1CCC(Cc2cccc(CO)c2)C1. The van der Waals surface area contributed by atoms with Gasteiger partial charge in [-0.25, -0.2) is 4.98 Å². The molecule has 0 bridgehead atoms. The maximum absolute atomic E-state index is 12.4. The van der Waals surface area contributed by atoms with Gasteiger partial charge in [-0.2, -0.15) is 0 Å². The largest absolute Gasteiger partial charge is 0.392 e. The number of benzene rings is 2. The summed E-state index contributed by atoms with van der Waals surface area (Å²) >= 11 is 0. The second-order valence-corrected chi connectivity index (χ2v) is 7.37. The number of para-hydroxylation sites is 2. The normalized spacial score (nSPS) is 16.8. The van der Waals surface area contributed by atoms with Crippen LogP contribution in [0.1, 0.15) is 23.4 Å². The Hall–Kier alpha value is -2.70. The summed E-state index contributed by atoms with van der Waals surface area (Å²) in [4.78, 5) is 22.0. The third-order valence-electron chi connectivity index (χ3n) is 5.24. The number of H-pyrrole nitrogens is 1. The first kappa shape index (κ1) is 18.7. The van der Waals surface area contributed by atoms with Crippen LogP contribution in [-0.4, -0.2) is 45.6 Å². The fraction of sp³-hybridized carbons (Fsp3) is 0.364. The number of aliphatic hydroxyl groups is 1. The van der Waals surface area contributed by atoms with E-state index in [2.05, 4.69) is 16.0 Å². The molecule has 2 aromatic carbocycles. The fourth-order valence-electron chi connectivity index (χ4n) is 3.81. The molecule has 6 heteroatoms. The number of amides is 1. The van der Waals surface area contributed by atoms with E-state index in [0.717, 1.165) is 48.4 Å². The summed E-state index contributed by atoms with van der Waals surface area (Å²) in [5.41, 5.74) is 4.02. The topological polar surface area (TPSA) is 78.5 Å². The number of rotatable bonds is 7. The number of carbonyl (C=O) groups excluding carboxylic acids is 1. The molecule has 0 radical (unpaired) electrons. The molecule has 0 aliphatic carbocycles. The van der Waals surface area contributed by atoms with Crippen LogP contribution in [0.25, 0.3) is 11.0 Å². The number of hydrogen-bond donors (Lipinski definition) is 2. The maximum Gasteiger partial charge on any atom is 0.248 e. The summed E-state index contributed by atoms with van der Waals surface area (Å²) in [6, 6.07) is 15.8. The molecule has 1 aliphatic heterocycles. The van der Waals surface area contributed by atoms with Crippen molar-refractivity contribution in [1.29, 1.82) is 0 Å². The van der Waals surface area contributed by atoms with Crippen LogP contribution in [0.4, 0.5) is 0 Å². The Bertz CT molecular complexity index is 920. The predicted octanol–water partition coefficient (Wildman–Crippen LogP) is 2.66. The molecule has 1 fully saturated rings. The van der Waals surface area contributed by atoms with E-state index < -0.39 is 0 Å². The molecule has 1 aromatic heterocycles. The number of aromatic nitrogens is 2. The number of nitrogens with zero attached hydrogens (tertiary/aromatic N) is 2. The second-order valence-electron chi connectivity index (χ2n) is 7.37. The van der Waals surface area contributed by atoms with E-state index in [4.69, 9.17) is 4.74 Å². The zero-order chi connectivity index (χ0) is 19.3. The van der Waals surface area contributed by atoms with Gasteiger partial charge in [0.25, 0.3) is 0 Å². The summed E-state index contributed by atoms with van der Waals surface area (Å²) in [5, 5.41) is 9.27. The first-order chi connectivity index (χ1) is 13.7. The molecular formula is C22H25N3O3. The third kappa shape index (κ3) is 4.40. The number of aromatic amines is 1. The summed E-state index contributed by atoms with van der Waals surface area (Å²) in [6.45, 7) is 1.97. The van der Waals surface area contributed by atoms with Crippen molar-refractivity contribution in [2.75, 3.05) is 19.7 Å². The van der Waals surface area contributed by atoms with Gasteiger partial charge >= 0.3 is 0 Å². The van der Waals surface area contributed by atoms with Crippen molar-refractivity contribution in [2.45, 2.75) is 26.1 Å². The van der Waals surface area contributed by atoms with Crippen LogP contribution < -0.4 is 0 Å². The molecule has 2 heterocycles. The molecule has 28 heavy (non-hydrogen) atoms. The predicted molar refractivity (Wildman–Crippen MR) is 107 cm³/mol. The van der Waals surface area contributed by atoms with Gasteiger partial charge in [0.15, 0.2) is 0 Å². The molecule has 4 rings (SSSR count). The van der Waals surface area contributed by atoms with Gasteiger partial charge < -0.3 is 19.7 Å². The molecular weight excluding hydrogens is 354 g/mol. The standard InChI is InChI=1S/C22H25N3O3/c26-13-18-5-3-4-16(11-18)10-17-8-9-25(12-17)22(27)15-28-14-21-23-19-6-1-2-7-20(19)24-21/h1-7,11,17,26H,8-10,12-15H2,(H,23,24). The minimum atomic E-state index is 0.0303. The fourth-order valence-corrected chi connectivity index (χ4v) is 3.81. The minimum Gasteiger partial charge on any atom is -0.392 e. The van der Waals surface area contributed by atoms with Gasteiger partial charge in [0, 0.05) is 13.1 Å². The van der Waals surface area contributed by atoms with Crippen molar-refractivity contribution >= 4 is 16.9 Å². The Morgan fingerprint density at radius 2 is 2.07 bits per heavy atom. The lowest BCUT2D eigenvalue weighted by Gasteiger charge is -2.16. The number of fused-ring (bicyclic) bond motifs is 1. The van der Waals surface area contributed by atoms with Crippen molar-refractivity contribution in [3.05, 3.63) is 65.5 Å². The monoisotopic (exact) mass is 379 g/mol. The molecule has 3 aromatic rings. The lowest BCUT2D eigenvalue weighted by molar-refractivity contribution is -0.135. The highest BCUT2D eigenvalue weighted by molar-refractivity contribution is 5.77. The number of likely N-dealkylation sites (tertiary alicyclic amines) is 1. The number of nitrogens with one attached hydrogen (secondary N) is 1. The van der Waals surface area contributed by atoms with Crippen LogP contribution in [0, 0.1) is 5.92 Å². The molecule has 1 unspecified atom stereocenters. The number of hydrogen-bond acceptors (Lipinski definition) is 4. The zero-order valence-corrected chi connectivity index (χ0v) is 15.8.